The van der Waals surface area contributed by atoms with Crippen molar-refractivity contribution in [3.8, 4) is 0 Å². The predicted octanol–water partition coefficient (Wildman–Crippen LogP) is -1.61. The Morgan fingerprint density at radius 1 is 0.750 bits per heavy atom. The van der Waals surface area contributed by atoms with Crippen LogP contribution in [0.15, 0.2) is 0 Å². The van der Waals surface area contributed by atoms with Crippen LogP contribution in [0.4, 0.5) is 0 Å². The summed E-state index contributed by atoms with van der Waals surface area (Å²) < 4.78 is 0. The molecule has 0 radical (unpaired) electrons. The Morgan fingerprint density at radius 3 is 0.875 bits per heavy atom. The first-order chi connectivity index (χ1) is 3.25. The summed E-state index contributed by atoms with van der Waals surface area (Å²) in [5.41, 5.74) is 0. The molecule has 0 aliphatic heterocycles. The van der Waals surface area contributed by atoms with E-state index in [-0.39, 0.29) is 0 Å². The summed E-state index contributed by atoms with van der Waals surface area (Å²) >= 11 is 0. The Bertz CT molecular complexity index is 63.0. The van der Waals surface area contributed by atoms with Crippen LogP contribution in [0.5, 0.6) is 0 Å². The molecule has 0 aromatic heterocycles. The lowest BCUT2D eigenvalue weighted by atomic mass is 10.1. The van der Waals surface area contributed by atoms with E-state index in [1.165, 1.54) is 0 Å². The van der Waals surface area contributed by atoms with E-state index < -0.39 is 11.6 Å². The second-order valence-electron chi connectivity index (χ2n) is 2.04. The zero-order chi connectivity index (χ0) is 7.00. The van der Waals surface area contributed by atoms with Gasteiger partial charge in [-0.05, 0) is 13.8 Å². The van der Waals surface area contributed by atoms with Gasteiger partial charge in [0.15, 0.2) is 0 Å². The van der Waals surface area contributed by atoms with Crippen molar-refractivity contribution in [2.45, 2.75) is 25.4 Å². The van der Waals surface area contributed by atoms with Gasteiger partial charge >= 0.3 is 0 Å². The van der Waals surface area contributed by atoms with Crippen molar-refractivity contribution in [2.24, 2.45) is 0 Å². The Labute approximate surface area is 47.0 Å². The minimum Gasteiger partial charge on any atom is -0.362 e. The number of hydrogen-bond donors (Lipinski definition) is 4. The Morgan fingerprint density at radius 2 is 0.875 bits per heavy atom. The van der Waals surface area contributed by atoms with Crippen molar-refractivity contribution in [3.63, 3.8) is 0 Å². The summed E-state index contributed by atoms with van der Waals surface area (Å²) in [5, 5.41) is 33.6. The lowest BCUT2D eigenvalue weighted by molar-refractivity contribution is -0.339. The molecule has 0 bridgehead atoms. The highest BCUT2D eigenvalue weighted by atomic mass is 16.6. The highest BCUT2D eigenvalue weighted by Crippen LogP contribution is 2.13. The molecule has 8 heavy (non-hydrogen) atoms. The van der Waals surface area contributed by atoms with E-state index in [1.54, 1.807) is 0 Å². The Balaban J connectivity index is 4.02. The first kappa shape index (κ1) is 7.84. The summed E-state index contributed by atoms with van der Waals surface area (Å²) in [5.74, 6) is -4.90. The van der Waals surface area contributed by atoms with E-state index in [0.717, 1.165) is 13.8 Å². The van der Waals surface area contributed by atoms with Crippen molar-refractivity contribution in [2.75, 3.05) is 0 Å². The molecule has 50 valence electrons. The molecule has 0 saturated heterocycles. The summed E-state index contributed by atoms with van der Waals surface area (Å²) in [6.07, 6.45) is 0. The molecule has 0 rings (SSSR count). The highest BCUT2D eigenvalue weighted by Gasteiger charge is 2.37. The minimum atomic E-state index is -2.45. The van der Waals surface area contributed by atoms with E-state index in [1.807, 2.05) is 0 Å². The van der Waals surface area contributed by atoms with E-state index in [0.29, 0.717) is 0 Å². The van der Waals surface area contributed by atoms with Crippen LogP contribution < -0.4 is 0 Å². The first-order valence-electron chi connectivity index (χ1n) is 2.14. The second kappa shape index (κ2) is 1.66. The maximum atomic E-state index is 8.41. The predicted molar refractivity (Wildman–Crippen MR) is 25.7 cm³/mol. The fourth-order valence-electron chi connectivity index (χ4n) is 0. The molecule has 0 unspecified atom stereocenters. The fourth-order valence-corrected chi connectivity index (χ4v) is 0. The van der Waals surface area contributed by atoms with Crippen molar-refractivity contribution >= 4 is 0 Å². The van der Waals surface area contributed by atoms with Crippen LogP contribution in [0.2, 0.25) is 0 Å². The van der Waals surface area contributed by atoms with Gasteiger partial charge in [0.2, 0.25) is 11.6 Å². The normalized spacial score (nSPS) is 14.2. The van der Waals surface area contributed by atoms with Gasteiger partial charge in [-0.15, -0.1) is 0 Å². The molecule has 0 aliphatic rings. The zero-order valence-electron chi connectivity index (χ0n) is 4.79. The molecular weight excluding hydrogens is 112 g/mol. The monoisotopic (exact) mass is 122 g/mol. The van der Waals surface area contributed by atoms with Gasteiger partial charge in [-0.1, -0.05) is 0 Å². The standard InChI is InChI=1S/C4H10O4/c1-3(5,6)4(2,7)8/h5-8H,1-2H3. The molecule has 4 nitrogen and oxygen atoms in total. The topological polar surface area (TPSA) is 80.9 Å². The average molecular weight is 122 g/mol. The van der Waals surface area contributed by atoms with Gasteiger partial charge < -0.3 is 20.4 Å². The maximum Gasteiger partial charge on any atom is 0.215 e. The molecule has 0 heterocycles. The molecule has 0 saturated carbocycles. The maximum absolute atomic E-state index is 8.41. The van der Waals surface area contributed by atoms with Crippen LogP contribution in [0.3, 0.4) is 0 Å². The number of rotatable bonds is 1. The molecule has 0 aromatic carbocycles. The molecule has 0 atom stereocenters. The molecule has 4 heteroatoms. The molecule has 4 N–H and O–H groups in total. The van der Waals surface area contributed by atoms with Crippen LogP contribution >= 0.6 is 0 Å². The third-order valence-electron chi connectivity index (χ3n) is 0.897. The van der Waals surface area contributed by atoms with Gasteiger partial charge in [0.25, 0.3) is 0 Å². The van der Waals surface area contributed by atoms with E-state index in [2.05, 4.69) is 0 Å². The van der Waals surface area contributed by atoms with Gasteiger partial charge in [-0.25, -0.2) is 0 Å². The largest absolute Gasteiger partial charge is 0.362 e. The van der Waals surface area contributed by atoms with E-state index >= 15 is 0 Å². The number of aliphatic hydroxyl groups is 4. The lowest BCUT2D eigenvalue weighted by Crippen LogP contribution is -2.49. The minimum absolute atomic E-state index is 0.882. The molecule has 0 spiro atoms. The molecule has 0 amide bonds. The first-order valence-corrected chi connectivity index (χ1v) is 2.14. The van der Waals surface area contributed by atoms with Crippen LogP contribution in [-0.2, 0) is 0 Å². The van der Waals surface area contributed by atoms with Crippen LogP contribution in [-0.4, -0.2) is 32.0 Å². The Hall–Kier alpha value is -0.160. The molecule has 0 aromatic rings. The summed E-state index contributed by atoms with van der Waals surface area (Å²) in [6, 6.07) is 0. The zero-order valence-corrected chi connectivity index (χ0v) is 4.79. The summed E-state index contributed by atoms with van der Waals surface area (Å²) in [4.78, 5) is 0. The van der Waals surface area contributed by atoms with Crippen molar-refractivity contribution in [3.05, 3.63) is 0 Å². The molecule has 0 aliphatic carbocycles. The third-order valence-corrected chi connectivity index (χ3v) is 0.897. The van der Waals surface area contributed by atoms with Crippen LogP contribution in [0.25, 0.3) is 0 Å². The summed E-state index contributed by atoms with van der Waals surface area (Å²) in [6.45, 7) is 1.76. The fraction of sp³-hybridized carbons (Fsp3) is 1.00. The quantitative estimate of drug-likeness (QED) is 0.315. The van der Waals surface area contributed by atoms with Gasteiger partial charge in [-0.2, -0.15) is 0 Å². The molecular formula is C4H10O4. The van der Waals surface area contributed by atoms with Gasteiger partial charge in [0.05, 0.1) is 0 Å². The van der Waals surface area contributed by atoms with Gasteiger partial charge in [0, 0.05) is 0 Å². The SMILES string of the molecule is CC(O)(O)C(C)(O)O. The van der Waals surface area contributed by atoms with E-state index in [4.69, 9.17) is 20.4 Å². The Kier molecular flexibility index (Phi) is 1.63. The third kappa shape index (κ3) is 1.75. The van der Waals surface area contributed by atoms with Gasteiger partial charge in [-0.3, -0.25) is 0 Å². The second-order valence-corrected chi connectivity index (χ2v) is 2.04. The van der Waals surface area contributed by atoms with Crippen molar-refractivity contribution in [1.29, 1.82) is 0 Å². The van der Waals surface area contributed by atoms with E-state index in [9.17, 15) is 0 Å². The highest BCUT2D eigenvalue weighted by molar-refractivity contribution is 4.70. The van der Waals surface area contributed by atoms with Crippen molar-refractivity contribution in [1.82, 2.24) is 0 Å². The van der Waals surface area contributed by atoms with Crippen molar-refractivity contribution < 1.29 is 20.4 Å². The molecule has 0 fully saturated rings. The van der Waals surface area contributed by atoms with Gasteiger partial charge in [0.1, 0.15) is 0 Å². The average Bonchev–Trinajstić information content (AvgIpc) is 1.25. The van der Waals surface area contributed by atoms with Crippen LogP contribution in [0.1, 0.15) is 13.8 Å². The summed E-state index contributed by atoms with van der Waals surface area (Å²) in [7, 11) is 0. The number of hydrogen-bond acceptors (Lipinski definition) is 4. The lowest BCUT2D eigenvalue weighted by Gasteiger charge is -2.27. The smallest absolute Gasteiger partial charge is 0.215 e. The van der Waals surface area contributed by atoms with Crippen LogP contribution in [0, 0.1) is 0 Å².